The summed E-state index contributed by atoms with van der Waals surface area (Å²) in [7, 11) is 3.23. The molecule has 134 valence electrons. The van der Waals surface area contributed by atoms with E-state index < -0.39 is 0 Å². The van der Waals surface area contributed by atoms with Crippen molar-refractivity contribution in [3.05, 3.63) is 76.2 Å². The lowest BCUT2D eigenvalue weighted by Gasteiger charge is -2.11. The van der Waals surface area contributed by atoms with Gasteiger partial charge in [0, 0.05) is 34.8 Å². The Hall–Kier alpha value is -2.86. The first-order valence-electron chi connectivity index (χ1n) is 8.17. The number of methoxy groups -OCH3 is 2. The van der Waals surface area contributed by atoms with Gasteiger partial charge in [-0.2, -0.15) is 0 Å². The normalized spacial score (nSPS) is 11.2. The van der Waals surface area contributed by atoms with Crippen molar-refractivity contribution in [3.8, 4) is 11.5 Å². The second-order valence-electron chi connectivity index (χ2n) is 5.41. The summed E-state index contributed by atoms with van der Waals surface area (Å²) in [6.45, 7) is 0.516. The smallest absolute Gasteiger partial charge is 0.161 e. The maximum atomic E-state index is 5.61. The molecule has 0 fully saturated rings. The average Bonchev–Trinajstić information content (AvgIpc) is 3.21. The molecule has 0 unspecified atom stereocenters. The second kappa shape index (κ2) is 9.01. The number of hydrogen-bond donors (Lipinski definition) is 0. The van der Waals surface area contributed by atoms with Crippen LogP contribution >= 0.6 is 11.3 Å². The van der Waals surface area contributed by atoms with Gasteiger partial charge >= 0.3 is 0 Å². The number of benzene rings is 1. The molecule has 0 saturated carbocycles. The Morgan fingerprint density at radius 1 is 1.00 bits per heavy atom. The molecule has 0 aliphatic heterocycles. The summed E-state index contributed by atoms with van der Waals surface area (Å²) in [6.07, 6.45) is 4.30. The van der Waals surface area contributed by atoms with Crippen molar-refractivity contribution < 1.29 is 14.3 Å². The number of pyridine rings is 1. The van der Waals surface area contributed by atoms with Gasteiger partial charge in [0.05, 0.1) is 14.2 Å². The summed E-state index contributed by atoms with van der Waals surface area (Å²) in [4.78, 5) is 11.0. The Kier molecular flexibility index (Phi) is 6.22. The highest BCUT2D eigenvalue weighted by atomic mass is 32.1. The van der Waals surface area contributed by atoms with Crippen molar-refractivity contribution in [2.75, 3.05) is 20.8 Å². The summed E-state index contributed by atoms with van der Waals surface area (Å²) >= 11 is 1.72. The van der Waals surface area contributed by atoms with Crippen LogP contribution in [0.3, 0.4) is 0 Å². The van der Waals surface area contributed by atoms with Gasteiger partial charge in [-0.25, -0.2) is 0 Å². The molecule has 5 nitrogen and oxygen atoms in total. The number of aromatic nitrogens is 1. The number of rotatable bonds is 8. The molecule has 1 aromatic carbocycles. The quantitative estimate of drug-likeness (QED) is 0.340. The first kappa shape index (κ1) is 17.9. The molecule has 2 heterocycles. The first-order chi connectivity index (χ1) is 12.8. The van der Waals surface area contributed by atoms with E-state index >= 15 is 0 Å². The van der Waals surface area contributed by atoms with Crippen molar-refractivity contribution in [1.29, 1.82) is 0 Å². The van der Waals surface area contributed by atoms with Crippen molar-refractivity contribution in [2.45, 2.75) is 6.42 Å². The number of thiophene rings is 1. The van der Waals surface area contributed by atoms with E-state index in [0.717, 1.165) is 23.3 Å². The van der Waals surface area contributed by atoms with E-state index in [9.17, 15) is 0 Å². The van der Waals surface area contributed by atoms with Gasteiger partial charge in [-0.1, -0.05) is 11.2 Å². The predicted molar refractivity (Wildman–Crippen MR) is 103 cm³/mol. The SMILES string of the molecule is COc1ccc(C(=NOCCc2cccs2)c2ccncc2)cc1OC. The molecule has 0 saturated heterocycles. The van der Waals surface area contributed by atoms with E-state index in [1.165, 1.54) is 4.88 Å². The fraction of sp³-hybridized carbons (Fsp3) is 0.200. The Morgan fingerprint density at radius 3 is 2.50 bits per heavy atom. The minimum atomic E-state index is 0.516. The van der Waals surface area contributed by atoms with Crippen LogP contribution in [0.15, 0.2) is 65.4 Å². The Bertz CT molecular complexity index is 849. The molecular weight excluding hydrogens is 348 g/mol. The van der Waals surface area contributed by atoms with Crippen molar-refractivity contribution in [3.63, 3.8) is 0 Å². The van der Waals surface area contributed by atoms with Crippen molar-refractivity contribution >= 4 is 17.0 Å². The summed E-state index contributed by atoms with van der Waals surface area (Å²) in [5.74, 6) is 1.31. The third-order valence-corrected chi connectivity index (χ3v) is 4.72. The van der Waals surface area contributed by atoms with Crippen LogP contribution in [0.5, 0.6) is 11.5 Å². The highest BCUT2D eigenvalue weighted by Gasteiger charge is 2.12. The monoisotopic (exact) mass is 368 g/mol. The largest absolute Gasteiger partial charge is 0.493 e. The minimum Gasteiger partial charge on any atom is -0.493 e. The van der Waals surface area contributed by atoms with Crippen LogP contribution in [0, 0.1) is 0 Å². The Balaban J connectivity index is 1.85. The van der Waals surface area contributed by atoms with Gasteiger partial charge in [0.15, 0.2) is 11.5 Å². The van der Waals surface area contributed by atoms with Crippen molar-refractivity contribution in [2.24, 2.45) is 5.16 Å². The molecule has 6 heteroatoms. The van der Waals surface area contributed by atoms with Crippen LogP contribution in [-0.4, -0.2) is 31.5 Å². The standard InChI is InChI=1S/C20H20N2O3S/c1-23-18-6-5-16(14-19(18)24-2)20(15-7-10-21-11-8-15)22-25-12-9-17-4-3-13-26-17/h3-8,10-11,13-14H,9,12H2,1-2H3. The predicted octanol–water partition coefficient (Wildman–Crippen LogP) is 4.17. The highest BCUT2D eigenvalue weighted by molar-refractivity contribution is 7.09. The minimum absolute atomic E-state index is 0.516. The Labute approximate surface area is 156 Å². The first-order valence-corrected chi connectivity index (χ1v) is 9.05. The lowest BCUT2D eigenvalue weighted by atomic mass is 10.0. The van der Waals surface area contributed by atoms with Gasteiger partial charge < -0.3 is 14.3 Å². The molecule has 0 aliphatic carbocycles. The summed E-state index contributed by atoms with van der Waals surface area (Å²) in [5, 5.41) is 6.45. The molecule has 0 spiro atoms. The van der Waals surface area contributed by atoms with Gasteiger partial charge in [-0.05, 0) is 41.8 Å². The van der Waals surface area contributed by atoms with Crippen LogP contribution in [0.2, 0.25) is 0 Å². The molecule has 0 atom stereocenters. The molecule has 3 aromatic rings. The number of oxime groups is 1. The van der Waals surface area contributed by atoms with Gasteiger partial charge in [0.1, 0.15) is 12.3 Å². The van der Waals surface area contributed by atoms with Crippen LogP contribution in [-0.2, 0) is 11.3 Å². The average molecular weight is 368 g/mol. The van der Waals surface area contributed by atoms with Gasteiger partial charge in [-0.3, -0.25) is 4.98 Å². The molecule has 0 bridgehead atoms. The van der Waals surface area contributed by atoms with E-state index in [2.05, 4.69) is 21.6 Å². The lowest BCUT2D eigenvalue weighted by molar-refractivity contribution is 0.148. The van der Waals surface area contributed by atoms with Crippen molar-refractivity contribution in [1.82, 2.24) is 4.98 Å². The van der Waals surface area contributed by atoms with Crippen LogP contribution in [0.25, 0.3) is 0 Å². The van der Waals surface area contributed by atoms with Gasteiger partial charge in [0.2, 0.25) is 0 Å². The second-order valence-corrected chi connectivity index (χ2v) is 6.44. The van der Waals surface area contributed by atoms with E-state index in [4.69, 9.17) is 14.3 Å². The third kappa shape index (κ3) is 4.40. The number of hydrogen-bond acceptors (Lipinski definition) is 6. The van der Waals surface area contributed by atoms with Crippen LogP contribution in [0.4, 0.5) is 0 Å². The fourth-order valence-corrected chi connectivity index (χ4v) is 3.17. The van der Waals surface area contributed by atoms with E-state index in [-0.39, 0.29) is 0 Å². The fourth-order valence-electron chi connectivity index (χ4n) is 2.48. The molecular formula is C20H20N2O3S. The maximum Gasteiger partial charge on any atom is 0.161 e. The van der Waals surface area contributed by atoms with Crippen LogP contribution in [0.1, 0.15) is 16.0 Å². The van der Waals surface area contributed by atoms with Gasteiger partial charge in [-0.15, -0.1) is 11.3 Å². The summed E-state index contributed by atoms with van der Waals surface area (Å²) < 4.78 is 10.7. The topological polar surface area (TPSA) is 52.9 Å². The molecule has 0 radical (unpaired) electrons. The molecule has 0 N–H and O–H groups in total. The maximum absolute atomic E-state index is 5.61. The zero-order valence-electron chi connectivity index (χ0n) is 14.7. The molecule has 0 aliphatic rings. The zero-order valence-corrected chi connectivity index (χ0v) is 15.5. The summed E-state index contributed by atoms with van der Waals surface area (Å²) in [6, 6.07) is 13.6. The molecule has 2 aromatic heterocycles. The van der Waals surface area contributed by atoms with E-state index in [0.29, 0.717) is 18.1 Å². The zero-order chi connectivity index (χ0) is 18.2. The van der Waals surface area contributed by atoms with Gasteiger partial charge in [0.25, 0.3) is 0 Å². The van der Waals surface area contributed by atoms with E-state index in [1.807, 2.05) is 36.4 Å². The highest BCUT2D eigenvalue weighted by Crippen LogP contribution is 2.28. The summed E-state index contributed by atoms with van der Waals surface area (Å²) in [5.41, 5.74) is 2.52. The molecule has 26 heavy (non-hydrogen) atoms. The molecule has 0 amide bonds. The number of nitrogens with zero attached hydrogens (tertiary/aromatic N) is 2. The molecule has 3 rings (SSSR count). The van der Waals surface area contributed by atoms with E-state index in [1.54, 1.807) is 38.0 Å². The van der Waals surface area contributed by atoms with Crippen LogP contribution < -0.4 is 9.47 Å². The number of ether oxygens (including phenoxy) is 2. The lowest BCUT2D eigenvalue weighted by Crippen LogP contribution is -2.06. The third-order valence-electron chi connectivity index (χ3n) is 3.79. The Morgan fingerprint density at radius 2 is 1.81 bits per heavy atom.